The number of benzene rings is 2. The van der Waals surface area contributed by atoms with Gasteiger partial charge in [-0.05, 0) is 50.3 Å². The third kappa shape index (κ3) is 8.59. The zero-order chi connectivity index (χ0) is 37.7. The highest BCUT2D eigenvalue weighted by Gasteiger charge is 2.41. The van der Waals surface area contributed by atoms with Gasteiger partial charge in [-0.15, -0.1) is 0 Å². The number of carboxylic acid groups (broad SMARTS) is 1. The highest BCUT2D eigenvalue weighted by atomic mass is 19.4. The van der Waals surface area contributed by atoms with Gasteiger partial charge in [-0.2, -0.15) is 13.2 Å². The Kier molecular flexibility index (Phi) is 11.3. The van der Waals surface area contributed by atoms with Crippen molar-refractivity contribution in [3.8, 4) is 33.6 Å². The van der Waals surface area contributed by atoms with E-state index in [0.29, 0.717) is 18.7 Å². The first-order valence-electron chi connectivity index (χ1n) is 16.5. The van der Waals surface area contributed by atoms with E-state index >= 15 is 0 Å². The van der Waals surface area contributed by atoms with Crippen molar-refractivity contribution in [2.24, 2.45) is 0 Å². The van der Waals surface area contributed by atoms with Crippen LogP contribution in [0.1, 0.15) is 63.0 Å². The van der Waals surface area contributed by atoms with E-state index in [2.05, 4.69) is 40.6 Å². The lowest BCUT2D eigenvalue weighted by Crippen LogP contribution is -2.46. The molecule has 276 valence electrons. The number of alkyl carbamates (subject to hydrolysis) is 1. The fourth-order valence-corrected chi connectivity index (χ4v) is 5.96. The summed E-state index contributed by atoms with van der Waals surface area (Å²) < 4.78 is 47.1. The van der Waals surface area contributed by atoms with Gasteiger partial charge in [0.2, 0.25) is 5.91 Å². The van der Waals surface area contributed by atoms with Crippen LogP contribution in [0.2, 0.25) is 0 Å². The summed E-state index contributed by atoms with van der Waals surface area (Å²) in [5.74, 6) is -0.182. The molecule has 0 spiro atoms. The molecule has 52 heavy (non-hydrogen) atoms. The maximum absolute atomic E-state index is 14.2. The SMILES string of the molecule is COC(=O)N[C@@H](C)C(=O)CN[C@@H](C)c1ncc(-c2ccc(-c3ccc(-c4nc([C@@H]5CCCN5C(=O)[C@H](C)NC(=O)O)[nH]c4C(F)(F)F)cc3)cc2)[nH]1. The number of alkyl halides is 3. The largest absolute Gasteiger partial charge is 0.465 e. The maximum Gasteiger partial charge on any atom is 0.433 e. The average molecular weight is 725 g/mol. The van der Waals surface area contributed by atoms with Crippen LogP contribution in [-0.4, -0.2) is 86.1 Å². The van der Waals surface area contributed by atoms with Crippen molar-refractivity contribution in [1.82, 2.24) is 40.8 Å². The van der Waals surface area contributed by atoms with Crippen LogP contribution >= 0.6 is 0 Å². The second-order valence-corrected chi connectivity index (χ2v) is 12.5. The number of ether oxygens (including phenoxy) is 1. The standard InChI is InChI=1S/C35H39F3N8O6/c1-18(42-34(51)52-4)27(47)17-39-19(2)30-40-16-25(43-30)23-11-7-21(8-12-23)22-9-13-24(14-10-22)28-29(35(36,37)38)45-31(44-28)26-6-5-15-46(26)32(48)20(3)41-33(49)50/h7-14,16,18-20,26,39,41H,5-6,15,17H2,1-4H3,(H,40,43)(H,42,51)(H,44,45)(H,49,50)/t18-,19-,20-,26-/m0/s1. The summed E-state index contributed by atoms with van der Waals surface area (Å²) in [5.41, 5.74) is 2.06. The van der Waals surface area contributed by atoms with Crippen LogP contribution in [0.5, 0.6) is 0 Å². The molecular formula is C35H39F3N8O6. The number of hydrogen-bond acceptors (Lipinski definition) is 8. The number of aromatic amines is 2. The van der Waals surface area contributed by atoms with E-state index in [0.717, 1.165) is 22.4 Å². The molecule has 17 heteroatoms. The zero-order valence-corrected chi connectivity index (χ0v) is 28.8. The molecule has 3 amide bonds. The molecule has 4 aromatic rings. The summed E-state index contributed by atoms with van der Waals surface area (Å²) in [7, 11) is 1.22. The van der Waals surface area contributed by atoms with Crippen LogP contribution in [0.4, 0.5) is 22.8 Å². The van der Waals surface area contributed by atoms with Gasteiger partial charge >= 0.3 is 18.4 Å². The third-order valence-electron chi connectivity index (χ3n) is 8.85. The van der Waals surface area contributed by atoms with E-state index in [1.807, 2.05) is 31.2 Å². The van der Waals surface area contributed by atoms with Gasteiger partial charge in [0.1, 0.15) is 29.1 Å². The van der Waals surface area contributed by atoms with E-state index < -0.39 is 48.1 Å². The average Bonchev–Trinajstić information content (AvgIpc) is 3.90. The maximum atomic E-state index is 14.2. The highest BCUT2D eigenvalue weighted by molar-refractivity contribution is 5.88. The first-order chi connectivity index (χ1) is 24.7. The van der Waals surface area contributed by atoms with Gasteiger partial charge in [0.05, 0.1) is 43.7 Å². The molecule has 1 fully saturated rings. The summed E-state index contributed by atoms with van der Waals surface area (Å²) in [6, 6.07) is 11.2. The summed E-state index contributed by atoms with van der Waals surface area (Å²) in [4.78, 5) is 63.4. The van der Waals surface area contributed by atoms with Crippen molar-refractivity contribution in [1.29, 1.82) is 0 Å². The number of H-pyrrole nitrogens is 2. The number of halogens is 3. The van der Waals surface area contributed by atoms with Crippen LogP contribution in [0.3, 0.4) is 0 Å². The predicted octanol–water partition coefficient (Wildman–Crippen LogP) is 5.44. The molecule has 4 atom stereocenters. The monoisotopic (exact) mass is 724 g/mol. The number of hydrogen-bond donors (Lipinski definition) is 6. The summed E-state index contributed by atoms with van der Waals surface area (Å²) in [5, 5.41) is 16.6. The Balaban J connectivity index is 1.27. The van der Waals surface area contributed by atoms with E-state index in [9.17, 15) is 32.3 Å². The van der Waals surface area contributed by atoms with Crippen LogP contribution in [0.15, 0.2) is 54.7 Å². The fraction of sp³-hybridized carbons (Fsp3) is 0.371. The molecule has 0 unspecified atom stereocenters. The minimum absolute atomic E-state index is 0.00223. The number of rotatable bonds is 12. The Morgan fingerprint density at radius 1 is 0.942 bits per heavy atom. The summed E-state index contributed by atoms with van der Waals surface area (Å²) >= 11 is 0. The normalized spacial score (nSPS) is 16.2. The third-order valence-corrected chi connectivity index (χ3v) is 8.85. The lowest BCUT2D eigenvalue weighted by atomic mass is 10.0. The second-order valence-electron chi connectivity index (χ2n) is 12.5. The molecule has 14 nitrogen and oxygen atoms in total. The van der Waals surface area contributed by atoms with Gasteiger partial charge in [-0.25, -0.2) is 19.6 Å². The summed E-state index contributed by atoms with van der Waals surface area (Å²) in [6.07, 6.45) is -4.25. The van der Waals surface area contributed by atoms with Gasteiger partial charge in [0.15, 0.2) is 5.78 Å². The number of imidazole rings is 2. The molecule has 0 bridgehead atoms. The number of Topliss-reactive ketones (excluding diaryl/α,β-unsaturated/α-hetero) is 1. The first-order valence-corrected chi connectivity index (χ1v) is 16.5. The van der Waals surface area contributed by atoms with Gasteiger partial charge in [-0.1, -0.05) is 48.5 Å². The number of nitrogens with zero attached hydrogens (tertiary/aromatic N) is 3. The number of carbonyl (C=O) groups is 4. The number of likely N-dealkylation sites (tertiary alicyclic amines) is 1. The van der Waals surface area contributed by atoms with Gasteiger partial charge < -0.3 is 40.7 Å². The topological polar surface area (TPSA) is 194 Å². The number of methoxy groups -OCH3 is 1. The molecule has 6 N–H and O–H groups in total. The predicted molar refractivity (Wildman–Crippen MR) is 183 cm³/mol. The molecule has 5 rings (SSSR count). The van der Waals surface area contributed by atoms with Crippen molar-refractivity contribution in [2.75, 3.05) is 20.2 Å². The van der Waals surface area contributed by atoms with Gasteiger partial charge in [0, 0.05) is 12.1 Å². The van der Waals surface area contributed by atoms with Gasteiger partial charge in [-0.3, -0.25) is 9.59 Å². The smallest absolute Gasteiger partial charge is 0.433 e. The molecule has 3 heterocycles. The molecule has 0 saturated carbocycles. The Labute approximate surface area is 296 Å². The quantitative estimate of drug-likeness (QED) is 0.110. The minimum Gasteiger partial charge on any atom is -0.465 e. The minimum atomic E-state index is -4.75. The Hall–Kier alpha value is -5.71. The number of amides is 3. The molecule has 0 aliphatic carbocycles. The van der Waals surface area contributed by atoms with E-state index in [-0.39, 0.29) is 42.0 Å². The molecule has 1 aliphatic heterocycles. The lowest BCUT2D eigenvalue weighted by Gasteiger charge is -2.26. The number of ketones is 1. The van der Waals surface area contributed by atoms with Gasteiger partial charge in [0.25, 0.3) is 0 Å². The Morgan fingerprint density at radius 3 is 2.15 bits per heavy atom. The van der Waals surface area contributed by atoms with Crippen molar-refractivity contribution in [2.45, 2.75) is 64.0 Å². The van der Waals surface area contributed by atoms with Crippen molar-refractivity contribution in [3.05, 3.63) is 72.1 Å². The zero-order valence-electron chi connectivity index (χ0n) is 28.8. The molecule has 2 aromatic heterocycles. The first kappa shape index (κ1) is 37.5. The van der Waals surface area contributed by atoms with Crippen LogP contribution in [-0.2, 0) is 20.5 Å². The Bertz CT molecular complexity index is 1910. The van der Waals surface area contributed by atoms with Crippen molar-refractivity contribution >= 4 is 23.9 Å². The Morgan fingerprint density at radius 2 is 1.56 bits per heavy atom. The van der Waals surface area contributed by atoms with Crippen LogP contribution in [0, 0.1) is 0 Å². The highest BCUT2D eigenvalue weighted by Crippen LogP contribution is 2.40. The fourth-order valence-electron chi connectivity index (χ4n) is 5.96. The molecule has 0 radical (unpaired) electrons. The number of aromatic nitrogens is 4. The van der Waals surface area contributed by atoms with Crippen LogP contribution < -0.4 is 16.0 Å². The lowest BCUT2D eigenvalue weighted by molar-refractivity contribution is -0.140. The van der Waals surface area contributed by atoms with E-state index in [4.69, 9.17) is 5.11 Å². The number of nitrogens with one attached hydrogen (secondary N) is 5. The van der Waals surface area contributed by atoms with Crippen LogP contribution in [0.25, 0.3) is 33.6 Å². The number of carbonyl (C=O) groups excluding carboxylic acids is 3. The molecule has 2 aromatic carbocycles. The summed E-state index contributed by atoms with van der Waals surface area (Å²) in [6.45, 7) is 5.06. The van der Waals surface area contributed by atoms with Crippen molar-refractivity contribution < 1.29 is 42.2 Å². The second kappa shape index (κ2) is 15.7. The van der Waals surface area contributed by atoms with E-state index in [1.165, 1.54) is 18.9 Å². The molecule has 1 saturated heterocycles. The van der Waals surface area contributed by atoms with Crippen molar-refractivity contribution in [3.63, 3.8) is 0 Å². The molecular weight excluding hydrogens is 685 g/mol. The van der Waals surface area contributed by atoms with E-state index in [1.54, 1.807) is 37.4 Å². The molecule has 1 aliphatic rings.